The Labute approximate surface area is 368 Å². The molecule has 0 radical (unpaired) electrons. The van der Waals surface area contributed by atoms with Crippen LogP contribution >= 0.6 is 0 Å². The number of hydrogen-bond acceptors (Lipinski definition) is 1. The first-order chi connectivity index (χ1) is 31.0. The van der Waals surface area contributed by atoms with Crippen molar-refractivity contribution in [1.29, 1.82) is 0 Å². The third-order valence-electron chi connectivity index (χ3n) is 13.4. The largest absolute Gasteiger partial charge is 0.310 e. The average molecular weight is 805 g/mol. The lowest BCUT2D eigenvalue weighted by atomic mass is 9.82. The van der Waals surface area contributed by atoms with E-state index < -0.39 is 0 Å². The van der Waals surface area contributed by atoms with Crippen LogP contribution in [0.25, 0.3) is 82.8 Å². The number of fused-ring (bicyclic) bond motifs is 7. The minimum atomic E-state index is -0.108. The van der Waals surface area contributed by atoms with Gasteiger partial charge in [0.15, 0.2) is 0 Å². The molecule has 1 aromatic heterocycles. The van der Waals surface area contributed by atoms with E-state index in [1.807, 2.05) is 0 Å². The number of hydrogen-bond donors (Lipinski definition) is 0. The van der Waals surface area contributed by atoms with E-state index in [-0.39, 0.29) is 5.41 Å². The molecular formula is C61H44N2. The van der Waals surface area contributed by atoms with Crippen molar-refractivity contribution in [3.8, 4) is 50.2 Å². The van der Waals surface area contributed by atoms with E-state index in [4.69, 9.17) is 0 Å². The molecule has 2 nitrogen and oxygen atoms in total. The van der Waals surface area contributed by atoms with Crippen molar-refractivity contribution in [3.05, 3.63) is 242 Å². The Bertz CT molecular complexity index is 3520. The molecule has 0 amide bonds. The number of rotatable bonds is 7. The number of aromatic nitrogens is 1. The summed E-state index contributed by atoms with van der Waals surface area (Å²) in [5.41, 5.74) is 19.5. The van der Waals surface area contributed by atoms with Crippen molar-refractivity contribution < 1.29 is 0 Å². The van der Waals surface area contributed by atoms with Gasteiger partial charge in [-0.2, -0.15) is 0 Å². The molecular weight excluding hydrogens is 761 g/mol. The normalized spacial score (nSPS) is 12.7. The molecule has 0 aliphatic heterocycles. The maximum absolute atomic E-state index is 2.42. The van der Waals surface area contributed by atoms with E-state index in [2.05, 4.69) is 254 Å². The molecule has 2 heteroatoms. The highest BCUT2D eigenvalue weighted by Gasteiger charge is 2.35. The van der Waals surface area contributed by atoms with Crippen LogP contribution in [0.2, 0.25) is 0 Å². The van der Waals surface area contributed by atoms with Crippen LogP contribution in [0, 0.1) is 0 Å². The van der Waals surface area contributed by atoms with Gasteiger partial charge in [-0.15, -0.1) is 0 Å². The summed E-state index contributed by atoms with van der Waals surface area (Å²) >= 11 is 0. The molecule has 0 bridgehead atoms. The van der Waals surface area contributed by atoms with Crippen LogP contribution in [0.3, 0.4) is 0 Å². The number of anilines is 3. The fourth-order valence-corrected chi connectivity index (χ4v) is 10.2. The summed E-state index contributed by atoms with van der Waals surface area (Å²) in [6.07, 6.45) is 0. The summed E-state index contributed by atoms with van der Waals surface area (Å²) in [5, 5.41) is 5.03. The zero-order valence-electron chi connectivity index (χ0n) is 35.3. The molecule has 0 spiro atoms. The van der Waals surface area contributed by atoms with Crippen LogP contribution in [0.5, 0.6) is 0 Å². The van der Waals surface area contributed by atoms with Crippen LogP contribution in [0.15, 0.2) is 231 Å². The Balaban J connectivity index is 0.937. The summed E-state index contributed by atoms with van der Waals surface area (Å²) in [5.74, 6) is 0. The van der Waals surface area contributed by atoms with Gasteiger partial charge >= 0.3 is 0 Å². The topological polar surface area (TPSA) is 8.17 Å². The molecule has 0 unspecified atom stereocenters. The Hall–Kier alpha value is -7.94. The first kappa shape index (κ1) is 36.9. The zero-order chi connectivity index (χ0) is 42.1. The molecule has 298 valence electrons. The van der Waals surface area contributed by atoms with E-state index in [0.717, 1.165) is 17.1 Å². The lowest BCUT2D eigenvalue weighted by Gasteiger charge is -2.28. The smallest absolute Gasteiger partial charge is 0.0547 e. The quantitative estimate of drug-likeness (QED) is 0.156. The van der Waals surface area contributed by atoms with E-state index >= 15 is 0 Å². The fraction of sp³-hybridized carbons (Fsp3) is 0.0492. The Morgan fingerprint density at radius 2 is 0.921 bits per heavy atom. The average Bonchev–Trinajstić information content (AvgIpc) is 3.80. The molecule has 0 saturated carbocycles. The minimum absolute atomic E-state index is 0.108. The summed E-state index contributed by atoms with van der Waals surface area (Å²) in [6, 6.07) is 84.6. The van der Waals surface area contributed by atoms with Crippen molar-refractivity contribution in [2.75, 3.05) is 4.90 Å². The van der Waals surface area contributed by atoms with Gasteiger partial charge in [0, 0.05) is 38.9 Å². The molecule has 0 fully saturated rings. The Morgan fingerprint density at radius 3 is 1.71 bits per heavy atom. The highest BCUT2D eigenvalue weighted by atomic mass is 15.1. The third kappa shape index (κ3) is 6.09. The van der Waals surface area contributed by atoms with Gasteiger partial charge in [-0.05, 0) is 139 Å². The van der Waals surface area contributed by atoms with Gasteiger partial charge in [0.05, 0.1) is 11.0 Å². The molecule has 1 heterocycles. The second-order valence-electron chi connectivity index (χ2n) is 17.4. The van der Waals surface area contributed by atoms with E-state index in [9.17, 15) is 0 Å². The molecule has 0 atom stereocenters. The molecule has 0 saturated heterocycles. The summed E-state index contributed by atoms with van der Waals surface area (Å²) in [6.45, 7) is 4.71. The molecule has 63 heavy (non-hydrogen) atoms. The Morgan fingerprint density at radius 1 is 0.349 bits per heavy atom. The molecule has 11 aromatic rings. The highest BCUT2D eigenvalue weighted by molar-refractivity contribution is 6.16. The molecule has 0 N–H and O–H groups in total. The second kappa shape index (κ2) is 14.6. The fourth-order valence-electron chi connectivity index (χ4n) is 10.2. The lowest BCUT2D eigenvalue weighted by Crippen LogP contribution is -2.16. The predicted octanol–water partition coefficient (Wildman–Crippen LogP) is 16.7. The highest BCUT2D eigenvalue weighted by Crippen LogP contribution is 2.51. The van der Waals surface area contributed by atoms with Gasteiger partial charge in [-0.3, -0.25) is 0 Å². The van der Waals surface area contributed by atoms with Crippen LogP contribution in [0.1, 0.15) is 25.0 Å². The monoisotopic (exact) mass is 804 g/mol. The van der Waals surface area contributed by atoms with Crippen molar-refractivity contribution >= 4 is 49.6 Å². The van der Waals surface area contributed by atoms with Crippen molar-refractivity contribution in [2.45, 2.75) is 19.3 Å². The Kier molecular flexibility index (Phi) is 8.55. The van der Waals surface area contributed by atoms with Gasteiger partial charge < -0.3 is 9.47 Å². The van der Waals surface area contributed by atoms with E-state index in [0.29, 0.717) is 0 Å². The number of benzene rings is 10. The van der Waals surface area contributed by atoms with Crippen molar-refractivity contribution in [3.63, 3.8) is 0 Å². The number of para-hydroxylation sites is 2. The van der Waals surface area contributed by atoms with Crippen LogP contribution in [-0.4, -0.2) is 4.57 Å². The van der Waals surface area contributed by atoms with Crippen LogP contribution < -0.4 is 4.90 Å². The summed E-state index contributed by atoms with van der Waals surface area (Å²) < 4.78 is 2.39. The lowest BCUT2D eigenvalue weighted by molar-refractivity contribution is 0.660. The van der Waals surface area contributed by atoms with Gasteiger partial charge in [-0.25, -0.2) is 0 Å². The van der Waals surface area contributed by atoms with Gasteiger partial charge in [0.25, 0.3) is 0 Å². The van der Waals surface area contributed by atoms with E-state index in [1.165, 1.54) is 93.9 Å². The van der Waals surface area contributed by atoms with Gasteiger partial charge in [0.1, 0.15) is 0 Å². The number of nitrogens with zero attached hydrogens (tertiary/aromatic N) is 2. The predicted molar refractivity (Wildman–Crippen MR) is 267 cm³/mol. The molecule has 1 aliphatic carbocycles. The first-order valence-electron chi connectivity index (χ1n) is 21.9. The van der Waals surface area contributed by atoms with Crippen molar-refractivity contribution in [2.24, 2.45) is 0 Å². The van der Waals surface area contributed by atoms with Crippen LogP contribution in [0.4, 0.5) is 17.1 Å². The summed E-state index contributed by atoms with van der Waals surface area (Å²) in [7, 11) is 0. The minimum Gasteiger partial charge on any atom is -0.310 e. The van der Waals surface area contributed by atoms with Gasteiger partial charge in [-0.1, -0.05) is 172 Å². The molecule has 12 rings (SSSR count). The maximum Gasteiger partial charge on any atom is 0.0547 e. The molecule has 1 aliphatic rings. The zero-order valence-corrected chi connectivity index (χ0v) is 35.3. The SMILES string of the molecule is CC1(C)c2ccccc2-c2ccc(N(c3ccc(-c4cccc(-c5cccc6c5c5ccccc5n6-c5ccccc5)c4)cc3)c3ccc(-c4ccc5ccccc5c4)cc3)cc21. The van der Waals surface area contributed by atoms with E-state index in [1.54, 1.807) is 0 Å². The standard InChI is InChI=1S/C61H44N2/c1-61(2)56-23-10-8-20-53(56)54-37-36-51(40-57(54)61)62(50-34-30-43(31-35-50)46-27-26-41-14-6-7-15-44(41)38-46)49-32-28-42(29-33-49)45-16-12-17-47(39-45)52-22-13-25-59-60(52)55-21-9-11-24-58(55)63(59)48-18-4-3-5-19-48/h3-40H,1-2H3. The second-order valence-corrected chi connectivity index (χ2v) is 17.4. The molecule has 10 aromatic carbocycles. The van der Waals surface area contributed by atoms with Gasteiger partial charge in [0.2, 0.25) is 0 Å². The van der Waals surface area contributed by atoms with Crippen molar-refractivity contribution in [1.82, 2.24) is 4.57 Å². The third-order valence-corrected chi connectivity index (χ3v) is 13.4. The first-order valence-corrected chi connectivity index (χ1v) is 21.9. The maximum atomic E-state index is 2.42. The van der Waals surface area contributed by atoms with Crippen LogP contribution in [-0.2, 0) is 5.41 Å². The summed E-state index contributed by atoms with van der Waals surface area (Å²) in [4.78, 5) is 2.41.